The van der Waals surface area contributed by atoms with E-state index in [2.05, 4.69) is 17.6 Å². The van der Waals surface area contributed by atoms with Gasteiger partial charge >= 0.3 is 0 Å². The molecule has 2 N–H and O–H groups in total. The van der Waals surface area contributed by atoms with Crippen molar-refractivity contribution >= 4 is 18.3 Å². The van der Waals surface area contributed by atoms with Gasteiger partial charge in [0.1, 0.15) is 0 Å². The Balaban J connectivity index is 0.00000133. The van der Waals surface area contributed by atoms with E-state index in [-0.39, 0.29) is 29.6 Å². The molecule has 19 heavy (non-hydrogen) atoms. The van der Waals surface area contributed by atoms with E-state index < -0.39 is 0 Å². The first-order valence-electron chi connectivity index (χ1n) is 7.39. The molecule has 4 nitrogen and oxygen atoms in total. The molecule has 0 aromatic rings. The first-order valence-corrected chi connectivity index (χ1v) is 7.39. The lowest BCUT2D eigenvalue weighted by Gasteiger charge is -2.54. The second-order valence-electron chi connectivity index (χ2n) is 6.04. The minimum absolute atomic E-state index is 0. The third-order valence-electron chi connectivity index (χ3n) is 5.16. The highest BCUT2D eigenvalue weighted by Crippen LogP contribution is 2.54. The predicted molar refractivity (Wildman–Crippen MR) is 76.5 cm³/mol. The molecule has 3 rings (SSSR count). The maximum absolute atomic E-state index is 12.0. The molecule has 110 valence electrons. The van der Waals surface area contributed by atoms with Crippen LogP contribution >= 0.6 is 12.4 Å². The molecule has 2 atom stereocenters. The summed E-state index contributed by atoms with van der Waals surface area (Å²) in [6.45, 7) is 4.55. The lowest BCUT2D eigenvalue weighted by Crippen LogP contribution is -2.65. The van der Waals surface area contributed by atoms with E-state index in [1.165, 1.54) is 25.7 Å². The summed E-state index contributed by atoms with van der Waals surface area (Å²) >= 11 is 0. The third kappa shape index (κ3) is 2.50. The van der Waals surface area contributed by atoms with Gasteiger partial charge in [-0.25, -0.2) is 0 Å². The van der Waals surface area contributed by atoms with Crippen LogP contribution in [-0.2, 0) is 9.53 Å². The molecule has 2 saturated carbocycles. The van der Waals surface area contributed by atoms with Crippen LogP contribution in [0.5, 0.6) is 0 Å². The van der Waals surface area contributed by atoms with E-state index in [0.717, 1.165) is 26.1 Å². The first-order chi connectivity index (χ1) is 8.76. The van der Waals surface area contributed by atoms with Crippen LogP contribution < -0.4 is 10.6 Å². The summed E-state index contributed by atoms with van der Waals surface area (Å²) in [4.78, 5) is 12.0. The minimum Gasteiger partial charge on any atom is -0.378 e. The van der Waals surface area contributed by atoms with Gasteiger partial charge in [-0.05, 0) is 26.2 Å². The Morgan fingerprint density at radius 3 is 2.58 bits per heavy atom. The Kier molecular flexibility index (Phi) is 4.75. The summed E-state index contributed by atoms with van der Waals surface area (Å²) in [5.41, 5.74) is 0.267. The minimum atomic E-state index is 0. The molecule has 1 spiro atoms. The molecule has 0 bridgehead atoms. The molecular formula is C14H25ClN2O2. The van der Waals surface area contributed by atoms with Gasteiger partial charge in [-0.3, -0.25) is 4.79 Å². The lowest BCUT2D eigenvalue weighted by atomic mass is 9.60. The number of halogens is 1. The molecule has 5 heteroatoms. The van der Waals surface area contributed by atoms with Crippen molar-refractivity contribution in [2.75, 3.05) is 19.7 Å². The van der Waals surface area contributed by atoms with Gasteiger partial charge in [0.15, 0.2) is 0 Å². The van der Waals surface area contributed by atoms with Crippen LogP contribution in [0.25, 0.3) is 0 Å². The highest BCUT2D eigenvalue weighted by atomic mass is 35.5. The smallest absolute Gasteiger partial charge is 0.225 e. The Bertz CT molecular complexity index is 327. The number of nitrogens with one attached hydrogen (secondary N) is 2. The van der Waals surface area contributed by atoms with Gasteiger partial charge in [-0.15, -0.1) is 12.4 Å². The van der Waals surface area contributed by atoms with E-state index in [4.69, 9.17) is 4.74 Å². The normalized spacial score (nSPS) is 32.3. The van der Waals surface area contributed by atoms with Crippen molar-refractivity contribution in [2.45, 2.75) is 51.2 Å². The number of carbonyl (C=O) groups is 1. The fraction of sp³-hybridized carbons (Fsp3) is 0.929. The van der Waals surface area contributed by atoms with Crippen LogP contribution in [0, 0.1) is 11.3 Å². The molecule has 1 amide bonds. The number of rotatable bonds is 4. The number of hydrogen-bond donors (Lipinski definition) is 2. The van der Waals surface area contributed by atoms with Gasteiger partial charge in [0.25, 0.3) is 0 Å². The SMILES string of the molecule is CCOC1CC(NC(=O)C2CNC2)C12CCCC2.Cl. The van der Waals surface area contributed by atoms with Crippen molar-refractivity contribution in [3.8, 4) is 0 Å². The Morgan fingerprint density at radius 1 is 1.37 bits per heavy atom. The summed E-state index contributed by atoms with van der Waals surface area (Å²) in [5.74, 6) is 0.453. The zero-order chi connectivity index (χ0) is 12.6. The number of carbonyl (C=O) groups excluding carboxylic acids is 1. The number of hydrogen-bond acceptors (Lipinski definition) is 3. The second kappa shape index (κ2) is 5.98. The van der Waals surface area contributed by atoms with E-state index in [0.29, 0.717) is 12.1 Å². The van der Waals surface area contributed by atoms with Gasteiger partial charge in [0, 0.05) is 31.2 Å². The van der Waals surface area contributed by atoms with Gasteiger partial charge in [0.2, 0.25) is 5.91 Å². The molecule has 1 aliphatic heterocycles. The standard InChI is InChI=1S/C14H24N2O2.ClH/c1-2-18-12-7-11(14(12)5-3-4-6-14)16-13(17)10-8-15-9-10;/h10-12,15H,2-9H2,1H3,(H,16,17);1H. The topological polar surface area (TPSA) is 50.4 Å². The summed E-state index contributed by atoms with van der Waals surface area (Å²) in [5, 5.41) is 6.44. The van der Waals surface area contributed by atoms with Gasteiger partial charge in [0.05, 0.1) is 12.0 Å². The molecule has 3 aliphatic rings. The molecule has 1 saturated heterocycles. The predicted octanol–water partition coefficient (Wildman–Crippen LogP) is 1.48. The summed E-state index contributed by atoms with van der Waals surface area (Å²) < 4.78 is 5.86. The highest BCUT2D eigenvalue weighted by Gasteiger charge is 2.57. The summed E-state index contributed by atoms with van der Waals surface area (Å²) in [6.07, 6.45) is 6.44. The summed E-state index contributed by atoms with van der Waals surface area (Å²) in [6, 6.07) is 0.365. The Morgan fingerprint density at radius 2 is 2.05 bits per heavy atom. The lowest BCUT2D eigenvalue weighted by molar-refractivity contribution is -0.147. The third-order valence-corrected chi connectivity index (χ3v) is 5.16. The van der Waals surface area contributed by atoms with Gasteiger partial charge in [-0.2, -0.15) is 0 Å². The van der Waals surface area contributed by atoms with E-state index in [1.54, 1.807) is 0 Å². The van der Waals surface area contributed by atoms with Gasteiger partial charge in [-0.1, -0.05) is 12.8 Å². The Hall–Kier alpha value is -0.320. The van der Waals surface area contributed by atoms with E-state index in [9.17, 15) is 4.79 Å². The van der Waals surface area contributed by atoms with Gasteiger partial charge < -0.3 is 15.4 Å². The van der Waals surface area contributed by atoms with Crippen LogP contribution in [0.4, 0.5) is 0 Å². The Labute approximate surface area is 121 Å². The summed E-state index contributed by atoms with van der Waals surface area (Å²) in [7, 11) is 0. The van der Waals surface area contributed by atoms with Crippen molar-refractivity contribution in [2.24, 2.45) is 11.3 Å². The average molecular weight is 289 g/mol. The van der Waals surface area contributed by atoms with Crippen LogP contribution in [0.3, 0.4) is 0 Å². The largest absolute Gasteiger partial charge is 0.378 e. The molecule has 1 heterocycles. The molecule has 3 fully saturated rings. The number of ether oxygens (including phenoxy) is 1. The van der Waals surface area contributed by atoms with Crippen LogP contribution in [0.15, 0.2) is 0 Å². The van der Waals surface area contributed by atoms with E-state index >= 15 is 0 Å². The van der Waals surface area contributed by atoms with E-state index in [1.807, 2.05) is 0 Å². The van der Waals surface area contributed by atoms with Crippen molar-refractivity contribution in [1.82, 2.24) is 10.6 Å². The second-order valence-corrected chi connectivity index (χ2v) is 6.04. The quantitative estimate of drug-likeness (QED) is 0.824. The first kappa shape index (κ1) is 15.1. The van der Waals surface area contributed by atoms with Crippen molar-refractivity contribution in [1.29, 1.82) is 0 Å². The number of amides is 1. The van der Waals surface area contributed by atoms with Crippen molar-refractivity contribution in [3.05, 3.63) is 0 Å². The van der Waals surface area contributed by atoms with Crippen LogP contribution in [0.2, 0.25) is 0 Å². The molecular weight excluding hydrogens is 264 g/mol. The van der Waals surface area contributed by atoms with Crippen molar-refractivity contribution < 1.29 is 9.53 Å². The molecule has 0 radical (unpaired) electrons. The fourth-order valence-electron chi connectivity index (χ4n) is 3.85. The molecule has 0 aromatic carbocycles. The van der Waals surface area contributed by atoms with Crippen LogP contribution in [-0.4, -0.2) is 37.7 Å². The molecule has 2 unspecified atom stereocenters. The zero-order valence-electron chi connectivity index (χ0n) is 11.6. The van der Waals surface area contributed by atoms with Crippen molar-refractivity contribution in [3.63, 3.8) is 0 Å². The maximum Gasteiger partial charge on any atom is 0.225 e. The zero-order valence-corrected chi connectivity index (χ0v) is 12.4. The fourth-order valence-corrected chi connectivity index (χ4v) is 3.85. The average Bonchev–Trinajstić information content (AvgIpc) is 2.77. The molecule has 0 aromatic heterocycles. The highest BCUT2D eigenvalue weighted by molar-refractivity contribution is 5.85. The monoisotopic (exact) mass is 288 g/mol. The van der Waals surface area contributed by atoms with Crippen LogP contribution in [0.1, 0.15) is 39.0 Å². The molecule has 2 aliphatic carbocycles. The maximum atomic E-state index is 12.0.